The second-order valence-corrected chi connectivity index (χ2v) is 4.21. The Morgan fingerprint density at radius 1 is 1.31 bits per heavy atom. The van der Waals surface area contributed by atoms with Crippen LogP contribution in [0.25, 0.3) is 0 Å². The second kappa shape index (κ2) is 6.48. The van der Waals surface area contributed by atoms with Crippen LogP contribution in [0.4, 0.5) is 10.1 Å². The zero-order chi connectivity index (χ0) is 12.0. The first kappa shape index (κ1) is 13.0. The van der Waals surface area contributed by atoms with Crippen molar-refractivity contribution >= 4 is 5.69 Å². The van der Waals surface area contributed by atoms with Gasteiger partial charge in [0, 0.05) is 20.6 Å². The predicted molar refractivity (Wildman–Crippen MR) is 67.3 cm³/mol. The maximum Gasteiger partial charge on any atom is 0.146 e. The molecule has 1 rings (SSSR count). The number of rotatable bonds is 6. The molecule has 1 aromatic rings. The first-order valence-electron chi connectivity index (χ1n) is 5.81. The maximum atomic E-state index is 13.4. The van der Waals surface area contributed by atoms with E-state index in [2.05, 4.69) is 12.2 Å². The van der Waals surface area contributed by atoms with Crippen molar-refractivity contribution in [3.05, 3.63) is 29.6 Å². The van der Waals surface area contributed by atoms with Crippen molar-refractivity contribution in [2.24, 2.45) is 0 Å². The molecule has 0 aliphatic carbocycles. The van der Waals surface area contributed by atoms with Crippen LogP contribution in [0.1, 0.15) is 25.3 Å². The number of nitrogens with zero attached hydrogens (tertiary/aromatic N) is 1. The molecule has 0 saturated heterocycles. The largest absolute Gasteiger partial charge is 0.375 e. The van der Waals surface area contributed by atoms with Gasteiger partial charge >= 0.3 is 0 Å². The van der Waals surface area contributed by atoms with Crippen LogP contribution in [0.5, 0.6) is 0 Å². The van der Waals surface area contributed by atoms with Crippen molar-refractivity contribution in [3.8, 4) is 0 Å². The lowest BCUT2D eigenvalue weighted by Gasteiger charge is -2.15. The van der Waals surface area contributed by atoms with Crippen molar-refractivity contribution in [1.29, 1.82) is 0 Å². The summed E-state index contributed by atoms with van der Waals surface area (Å²) in [6.45, 7) is 4.00. The van der Waals surface area contributed by atoms with E-state index in [1.807, 2.05) is 26.2 Å². The Kier molecular flexibility index (Phi) is 5.26. The van der Waals surface area contributed by atoms with Crippen LogP contribution in [-0.4, -0.2) is 20.6 Å². The highest BCUT2D eigenvalue weighted by Crippen LogP contribution is 2.18. The maximum absolute atomic E-state index is 13.4. The fraction of sp³-hybridized carbons (Fsp3) is 0.538. The molecule has 0 aromatic heterocycles. The van der Waals surface area contributed by atoms with E-state index in [4.69, 9.17) is 0 Å². The Morgan fingerprint density at radius 3 is 2.69 bits per heavy atom. The van der Waals surface area contributed by atoms with Gasteiger partial charge in [-0.05, 0) is 30.7 Å². The van der Waals surface area contributed by atoms with Crippen LogP contribution in [0.2, 0.25) is 0 Å². The lowest BCUT2D eigenvalue weighted by Crippen LogP contribution is -2.16. The van der Waals surface area contributed by atoms with Gasteiger partial charge in [0.05, 0.1) is 5.69 Å². The summed E-state index contributed by atoms with van der Waals surface area (Å²) >= 11 is 0. The molecule has 0 fully saturated rings. The van der Waals surface area contributed by atoms with Gasteiger partial charge < -0.3 is 10.2 Å². The molecule has 0 radical (unpaired) electrons. The average Bonchev–Trinajstić information content (AvgIpc) is 2.26. The molecule has 0 saturated carbocycles. The van der Waals surface area contributed by atoms with E-state index in [-0.39, 0.29) is 5.82 Å². The first-order valence-corrected chi connectivity index (χ1v) is 5.81. The van der Waals surface area contributed by atoms with E-state index in [0.717, 1.165) is 18.7 Å². The van der Waals surface area contributed by atoms with E-state index >= 15 is 0 Å². The fourth-order valence-corrected chi connectivity index (χ4v) is 1.55. The molecule has 16 heavy (non-hydrogen) atoms. The van der Waals surface area contributed by atoms with E-state index < -0.39 is 0 Å². The van der Waals surface area contributed by atoms with Crippen molar-refractivity contribution in [1.82, 2.24) is 5.32 Å². The van der Waals surface area contributed by atoms with Crippen molar-refractivity contribution < 1.29 is 4.39 Å². The van der Waals surface area contributed by atoms with Gasteiger partial charge in [0.15, 0.2) is 0 Å². The summed E-state index contributed by atoms with van der Waals surface area (Å²) in [6.07, 6.45) is 2.38. The standard InChI is InChI=1S/C13H21FN2/c1-4-5-8-15-10-11-6-7-12(14)13(9-11)16(2)3/h6-7,9,15H,4-5,8,10H2,1-3H3. The van der Waals surface area contributed by atoms with Gasteiger partial charge in [-0.2, -0.15) is 0 Å². The van der Waals surface area contributed by atoms with Crippen LogP contribution in [0.3, 0.4) is 0 Å². The molecule has 1 aromatic carbocycles. The van der Waals surface area contributed by atoms with Gasteiger partial charge in [-0.3, -0.25) is 0 Å². The summed E-state index contributed by atoms with van der Waals surface area (Å²) in [6, 6.07) is 5.27. The second-order valence-electron chi connectivity index (χ2n) is 4.21. The molecular formula is C13H21FN2. The third-order valence-corrected chi connectivity index (χ3v) is 2.53. The van der Waals surface area contributed by atoms with Gasteiger partial charge in [-0.15, -0.1) is 0 Å². The molecule has 0 heterocycles. The Bertz CT molecular complexity index is 324. The van der Waals surface area contributed by atoms with Crippen molar-refractivity contribution in [3.63, 3.8) is 0 Å². The Morgan fingerprint density at radius 2 is 2.06 bits per heavy atom. The van der Waals surface area contributed by atoms with Gasteiger partial charge in [-0.1, -0.05) is 19.4 Å². The molecule has 2 nitrogen and oxygen atoms in total. The predicted octanol–water partition coefficient (Wildman–Crippen LogP) is 2.78. The highest BCUT2D eigenvalue weighted by atomic mass is 19.1. The molecular weight excluding hydrogens is 203 g/mol. The zero-order valence-electron chi connectivity index (χ0n) is 10.4. The highest BCUT2D eigenvalue weighted by Gasteiger charge is 2.04. The molecule has 90 valence electrons. The average molecular weight is 224 g/mol. The normalized spacial score (nSPS) is 10.5. The van der Waals surface area contributed by atoms with Gasteiger partial charge in [-0.25, -0.2) is 4.39 Å². The summed E-state index contributed by atoms with van der Waals surface area (Å²) in [5.74, 6) is -0.165. The van der Waals surface area contributed by atoms with E-state index in [1.54, 1.807) is 4.90 Å². The summed E-state index contributed by atoms with van der Waals surface area (Å²) in [4.78, 5) is 1.80. The van der Waals surface area contributed by atoms with Gasteiger partial charge in [0.1, 0.15) is 5.82 Å². The van der Waals surface area contributed by atoms with Gasteiger partial charge in [0.2, 0.25) is 0 Å². The monoisotopic (exact) mass is 224 g/mol. The van der Waals surface area contributed by atoms with Crippen LogP contribution in [-0.2, 0) is 6.54 Å². The van der Waals surface area contributed by atoms with E-state index in [1.165, 1.54) is 18.9 Å². The number of hydrogen-bond acceptors (Lipinski definition) is 2. The molecule has 0 atom stereocenters. The fourth-order valence-electron chi connectivity index (χ4n) is 1.55. The zero-order valence-corrected chi connectivity index (χ0v) is 10.4. The number of unbranched alkanes of at least 4 members (excludes halogenated alkanes) is 1. The third-order valence-electron chi connectivity index (χ3n) is 2.53. The molecule has 1 N–H and O–H groups in total. The van der Waals surface area contributed by atoms with Crippen LogP contribution in [0, 0.1) is 5.82 Å². The Hall–Kier alpha value is -1.09. The molecule has 0 amide bonds. The number of nitrogens with one attached hydrogen (secondary N) is 1. The minimum Gasteiger partial charge on any atom is -0.375 e. The smallest absolute Gasteiger partial charge is 0.146 e. The van der Waals surface area contributed by atoms with Crippen LogP contribution >= 0.6 is 0 Å². The summed E-state index contributed by atoms with van der Waals surface area (Å²) in [5.41, 5.74) is 1.77. The minimum absolute atomic E-state index is 0.165. The number of benzene rings is 1. The quantitative estimate of drug-likeness (QED) is 0.747. The lowest BCUT2D eigenvalue weighted by atomic mass is 10.2. The topological polar surface area (TPSA) is 15.3 Å². The van der Waals surface area contributed by atoms with Crippen molar-refractivity contribution in [2.75, 3.05) is 25.5 Å². The number of hydrogen-bond donors (Lipinski definition) is 1. The molecule has 0 aliphatic heterocycles. The Labute approximate surface area is 97.5 Å². The summed E-state index contributed by atoms with van der Waals surface area (Å²) in [5, 5.41) is 3.35. The number of anilines is 1. The SMILES string of the molecule is CCCCNCc1ccc(F)c(N(C)C)c1. The van der Waals surface area contributed by atoms with E-state index in [0.29, 0.717) is 5.69 Å². The van der Waals surface area contributed by atoms with Crippen molar-refractivity contribution in [2.45, 2.75) is 26.3 Å². The molecule has 0 aliphatic rings. The van der Waals surface area contributed by atoms with E-state index in [9.17, 15) is 4.39 Å². The lowest BCUT2D eigenvalue weighted by molar-refractivity contribution is 0.620. The molecule has 0 unspecified atom stereocenters. The molecule has 3 heteroatoms. The van der Waals surface area contributed by atoms with Crippen LogP contribution in [0.15, 0.2) is 18.2 Å². The molecule has 0 bridgehead atoms. The first-order chi connectivity index (χ1) is 7.65. The van der Waals surface area contributed by atoms with Gasteiger partial charge in [0.25, 0.3) is 0 Å². The Balaban J connectivity index is 2.57. The summed E-state index contributed by atoms with van der Waals surface area (Å²) < 4.78 is 13.4. The molecule has 0 spiro atoms. The highest BCUT2D eigenvalue weighted by molar-refractivity contribution is 5.48. The third kappa shape index (κ3) is 3.81. The number of halogens is 1. The summed E-state index contributed by atoms with van der Waals surface area (Å²) in [7, 11) is 3.71. The minimum atomic E-state index is -0.165. The van der Waals surface area contributed by atoms with Crippen LogP contribution < -0.4 is 10.2 Å².